The van der Waals surface area contributed by atoms with Crippen LogP contribution < -0.4 is 0 Å². The third-order valence-electron chi connectivity index (χ3n) is 4.55. The van der Waals surface area contributed by atoms with Crippen molar-refractivity contribution in [3.05, 3.63) is 41.8 Å². The highest BCUT2D eigenvalue weighted by molar-refractivity contribution is 5.73. The maximum absolute atomic E-state index is 11.3. The summed E-state index contributed by atoms with van der Waals surface area (Å²) in [7, 11) is 1.33. The van der Waals surface area contributed by atoms with Crippen molar-refractivity contribution >= 4 is 5.97 Å². The number of aryl methyl sites for hydroxylation is 2. The molecule has 0 N–H and O–H groups in total. The summed E-state index contributed by atoms with van der Waals surface area (Å²) in [4.78, 5) is 16.0. The quantitative estimate of drug-likeness (QED) is 0.556. The first-order chi connectivity index (χ1) is 12.7. The summed E-state index contributed by atoms with van der Waals surface area (Å²) >= 11 is 0. The van der Waals surface area contributed by atoms with Crippen LogP contribution >= 0.6 is 0 Å². The number of hydrogen-bond donors (Lipinski definition) is 0. The van der Waals surface area contributed by atoms with E-state index in [4.69, 9.17) is 13.9 Å². The van der Waals surface area contributed by atoms with Crippen molar-refractivity contribution in [3.63, 3.8) is 0 Å². The second-order valence-corrected chi connectivity index (χ2v) is 6.52. The van der Waals surface area contributed by atoms with Crippen molar-refractivity contribution < 1.29 is 23.4 Å². The number of carbonyl (C=O) groups is 1. The number of hydrogen-bond acceptors (Lipinski definition) is 6. The Morgan fingerprint density at radius 3 is 2.62 bits per heavy atom. The first-order valence-corrected chi connectivity index (χ1v) is 9.00. The van der Waals surface area contributed by atoms with Crippen LogP contribution in [0.2, 0.25) is 0 Å². The Balaban J connectivity index is 1.41. The average molecular weight is 359 g/mol. The molecule has 6 heteroatoms. The van der Waals surface area contributed by atoms with E-state index >= 15 is 0 Å². The maximum Gasteiger partial charge on any atom is 0.363 e. The fourth-order valence-electron chi connectivity index (χ4n) is 3.03. The zero-order valence-electron chi connectivity index (χ0n) is 15.3. The summed E-state index contributed by atoms with van der Waals surface area (Å²) in [6.45, 7) is 3.02. The molecule has 2 heterocycles. The van der Waals surface area contributed by atoms with Crippen LogP contribution in [0.1, 0.15) is 30.7 Å². The Morgan fingerprint density at radius 2 is 1.92 bits per heavy atom. The SMILES string of the molecule is COC(=O)[C@H]1OC[C@@H](CCCCc2nc(-c3ccccc3)oc2C)CO1. The van der Waals surface area contributed by atoms with Crippen molar-refractivity contribution in [1.29, 1.82) is 0 Å². The van der Waals surface area contributed by atoms with Gasteiger partial charge < -0.3 is 18.6 Å². The van der Waals surface area contributed by atoms with Crippen molar-refractivity contribution in [1.82, 2.24) is 4.98 Å². The molecule has 0 spiro atoms. The van der Waals surface area contributed by atoms with Crippen LogP contribution in [0.3, 0.4) is 0 Å². The van der Waals surface area contributed by atoms with Crippen LogP contribution in [0.25, 0.3) is 11.5 Å². The Bertz CT molecular complexity index is 704. The summed E-state index contributed by atoms with van der Waals surface area (Å²) in [5.74, 6) is 1.41. The van der Waals surface area contributed by atoms with Crippen LogP contribution in [-0.2, 0) is 25.4 Å². The summed E-state index contributed by atoms with van der Waals surface area (Å²) in [5.41, 5.74) is 2.02. The highest BCUT2D eigenvalue weighted by atomic mass is 16.7. The van der Waals surface area contributed by atoms with E-state index in [9.17, 15) is 4.79 Å². The van der Waals surface area contributed by atoms with E-state index in [1.54, 1.807) is 0 Å². The minimum absolute atomic E-state index is 0.314. The molecule has 0 saturated carbocycles. The van der Waals surface area contributed by atoms with Gasteiger partial charge in [-0.3, -0.25) is 0 Å². The van der Waals surface area contributed by atoms with Crippen LogP contribution in [0.4, 0.5) is 0 Å². The summed E-state index contributed by atoms with van der Waals surface area (Å²) < 4.78 is 21.2. The molecule has 0 unspecified atom stereocenters. The number of methoxy groups -OCH3 is 1. The van der Waals surface area contributed by atoms with Gasteiger partial charge in [0.1, 0.15) is 5.76 Å². The number of oxazole rings is 1. The van der Waals surface area contributed by atoms with Gasteiger partial charge in [0.15, 0.2) is 0 Å². The Labute approximate surface area is 153 Å². The summed E-state index contributed by atoms with van der Waals surface area (Å²) in [6.07, 6.45) is 3.09. The van der Waals surface area contributed by atoms with Crippen molar-refractivity contribution in [2.75, 3.05) is 20.3 Å². The van der Waals surface area contributed by atoms with Gasteiger partial charge in [0, 0.05) is 11.5 Å². The van der Waals surface area contributed by atoms with Gasteiger partial charge in [0.25, 0.3) is 6.29 Å². The third-order valence-corrected chi connectivity index (χ3v) is 4.55. The van der Waals surface area contributed by atoms with E-state index in [1.807, 2.05) is 37.3 Å². The predicted molar refractivity (Wildman–Crippen MR) is 95.4 cm³/mol. The minimum Gasteiger partial charge on any atom is -0.465 e. The molecule has 1 saturated heterocycles. The van der Waals surface area contributed by atoms with E-state index < -0.39 is 12.3 Å². The molecule has 1 aliphatic rings. The number of carbonyl (C=O) groups excluding carboxylic acids is 1. The highest BCUT2D eigenvalue weighted by Gasteiger charge is 2.28. The fourth-order valence-corrected chi connectivity index (χ4v) is 3.03. The molecule has 0 aliphatic carbocycles. The molecule has 0 amide bonds. The lowest BCUT2D eigenvalue weighted by atomic mass is 10.0. The van der Waals surface area contributed by atoms with Gasteiger partial charge in [-0.1, -0.05) is 24.6 Å². The zero-order chi connectivity index (χ0) is 18.4. The van der Waals surface area contributed by atoms with E-state index in [-0.39, 0.29) is 0 Å². The first-order valence-electron chi connectivity index (χ1n) is 9.00. The molecule has 6 nitrogen and oxygen atoms in total. The Morgan fingerprint density at radius 1 is 1.19 bits per heavy atom. The van der Waals surface area contributed by atoms with Crippen LogP contribution in [0, 0.1) is 12.8 Å². The molecule has 0 bridgehead atoms. The molecular weight excluding hydrogens is 334 g/mol. The minimum atomic E-state index is -0.870. The lowest BCUT2D eigenvalue weighted by Crippen LogP contribution is -2.38. The van der Waals surface area contributed by atoms with Gasteiger partial charge in [-0.2, -0.15) is 0 Å². The number of rotatable bonds is 7. The molecule has 1 aromatic heterocycles. The Kier molecular flexibility index (Phi) is 6.41. The first kappa shape index (κ1) is 18.6. The normalized spacial score (nSPS) is 20.1. The Hall–Kier alpha value is -2.18. The second-order valence-electron chi connectivity index (χ2n) is 6.52. The van der Waals surface area contributed by atoms with Crippen molar-refractivity contribution in [3.8, 4) is 11.5 Å². The standard InChI is InChI=1S/C20H25NO5/c1-14-17(21-18(26-14)16-9-4-3-5-10-16)11-7-6-8-15-12-24-20(25-13-15)19(22)23-2/h3-5,9-10,15,20H,6-8,11-13H2,1-2H3/t15-,20+. The third kappa shape index (κ3) is 4.71. The molecule has 2 aromatic rings. The smallest absolute Gasteiger partial charge is 0.363 e. The van der Waals surface area contributed by atoms with Crippen LogP contribution in [-0.4, -0.2) is 37.6 Å². The number of nitrogens with zero attached hydrogens (tertiary/aromatic N) is 1. The van der Waals surface area contributed by atoms with E-state index in [0.717, 1.165) is 42.7 Å². The average Bonchev–Trinajstić information content (AvgIpc) is 3.06. The summed E-state index contributed by atoms with van der Waals surface area (Å²) in [5, 5.41) is 0. The lowest BCUT2D eigenvalue weighted by Gasteiger charge is -2.27. The fraction of sp³-hybridized carbons (Fsp3) is 0.500. The molecule has 3 rings (SSSR count). The lowest BCUT2D eigenvalue weighted by molar-refractivity contribution is -0.220. The largest absolute Gasteiger partial charge is 0.465 e. The van der Waals surface area contributed by atoms with Crippen molar-refractivity contribution in [2.45, 2.75) is 38.9 Å². The zero-order valence-corrected chi connectivity index (χ0v) is 15.3. The molecule has 0 radical (unpaired) electrons. The number of esters is 1. The number of ether oxygens (including phenoxy) is 3. The molecule has 1 aromatic carbocycles. The van der Waals surface area contributed by atoms with Gasteiger partial charge in [-0.15, -0.1) is 0 Å². The predicted octanol–water partition coefficient (Wildman–Crippen LogP) is 3.52. The van der Waals surface area contributed by atoms with Gasteiger partial charge in [0.2, 0.25) is 5.89 Å². The van der Waals surface area contributed by atoms with E-state index in [1.165, 1.54) is 7.11 Å². The molecule has 140 valence electrons. The second kappa shape index (κ2) is 8.96. The van der Waals surface area contributed by atoms with Crippen LogP contribution in [0.15, 0.2) is 34.7 Å². The number of benzene rings is 1. The summed E-state index contributed by atoms with van der Waals surface area (Å²) in [6, 6.07) is 9.94. The van der Waals surface area contributed by atoms with Gasteiger partial charge in [0.05, 0.1) is 26.0 Å². The maximum atomic E-state index is 11.3. The topological polar surface area (TPSA) is 70.8 Å². The van der Waals surface area contributed by atoms with Crippen molar-refractivity contribution in [2.24, 2.45) is 5.92 Å². The number of unbranched alkanes of at least 4 members (excludes halogenated alkanes) is 1. The molecule has 1 fully saturated rings. The van der Waals surface area contributed by atoms with Crippen LogP contribution in [0.5, 0.6) is 0 Å². The highest BCUT2D eigenvalue weighted by Crippen LogP contribution is 2.23. The molecule has 1 aliphatic heterocycles. The van der Waals surface area contributed by atoms with E-state index in [0.29, 0.717) is 25.0 Å². The number of aromatic nitrogens is 1. The molecular formula is C20H25NO5. The van der Waals surface area contributed by atoms with Gasteiger partial charge in [-0.05, 0) is 38.3 Å². The molecule has 0 atom stereocenters. The molecule has 26 heavy (non-hydrogen) atoms. The van der Waals surface area contributed by atoms with E-state index in [2.05, 4.69) is 9.72 Å². The van der Waals surface area contributed by atoms with Gasteiger partial charge >= 0.3 is 5.97 Å². The van der Waals surface area contributed by atoms with Gasteiger partial charge in [-0.25, -0.2) is 9.78 Å². The monoisotopic (exact) mass is 359 g/mol.